The summed E-state index contributed by atoms with van der Waals surface area (Å²) in [6.07, 6.45) is 0. The van der Waals surface area contributed by atoms with Gasteiger partial charge < -0.3 is 19.7 Å². The lowest BCUT2D eigenvalue weighted by Gasteiger charge is -2.29. The van der Waals surface area contributed by atoms with Gasteiger partial charge in [-0.05, 0) is 55.5 Å². The van der Waals surface area contributed by atoms with Crippen LogP contribution in [-0.2, 0) is 14.8 Å². The van der Waals surface area contributed by atoms with E-state index in [4.69, 9.17) is 9.47 Å². The number of carbonyl (C=O) groups excluding carboxylic acids is 2. The molecule has 0 saturated carbocycles. The molecule has 0 aliphatic carbocycles. The zero-order chi connectivity index (χ0) is 25.9. The van der Waals surface area contributed by atoms with Gasteiger partial charge in [-0.1, -0.05) is 17.7 Å². The van der Waals surface area contributed by atoms with Gasteiger partial charge >= 0.3 is 0 Å². The first-order valence-electron chi connectivity index (χ1n) is 11.3. The highest BCUT2D eigenvalue weighted by molar-refractivity contribution is 7.89. The predicted octanol–water partition coefficient (Wildman–Crippen LogP) is 3.30. The van der Waals surface area contributed by atoms with Crippen molar-refractivity contribution in [1.82, 2.24) is 4.31 Å². The van der Waals surface area contributed by atoms with E-state index in [1.165, 1.54) is 38.4 Å². The molecular formula is C26H27N3O6S. The van der Waals surface area contributed by atoms with Crippen molar-refractivity contribution in [3.63, 3.8) is 0 Å². The predicted molar refractivity (Wildman–Crippen MR) is 136 cm³/mol. The number of ether oxygens (including phenoxy) is 2. The molecule has 4 rings (SSSR count). The highest BCUT2D eigenvalue weighted by Crippen LogP contribution is 2.34. The Morgan fingerprint density at radius 3 is 2.42 bits per heavy atom. The molecule has 0 radical (unpaired) electrons. The molecule has 1 aliphatic rings. The van der Waals surface area contributed by atoms with Crippen LogP contribution in [0.3, 0.4) is 0 Å². The van der Waals surface area contributed by atoms with E-state index in [1.807, 2.05) is 31.2 Å². The van der Waals surface area contributed by atoms with E-state index in [9.17, 15) is 18.0 Å². The summed E-state index contributed by atoms with van der Waals surface area (Å²) in [6, 6.07) is 18.4. The number of aryl methyl sites for hydroxylation is 1. The molecule has 3 aromatic rings. The molecule has 10 heteroatoms. The third-order valence-electron chi connectivity index (χ3n) is 5.66. The monoisotopic (exact) mass is 509 g/mol. The van der Waals surface area contributed by atoms with Crippen molar-refractivity contribution in [3.05, 3.63) is 77.9 Å². The topological polar surface area (TPSA) is 105 Å². The highest BCUT2D eigenvalue weighted by atomic mass is 32.2. The number of rotatable bonds is 8. The molecule has 0 atom stereocenters. The van der Waals surface area contributed by atoms with Gasteiger partial charge in [-0.25, -0.2) is 12.7 Å². The number of carbonyl (C=O) groups is 2. The lowest BCUT2D eigenvalue weighted by molar-refractivity contribution is -0.121. The first-order valence-corrected chi connectivity index (χ1v) is 12.7. The molecule has 0 bridgehead atoms. The fraction of sp³-hybridized carbons (Fsp3) is 0.231. The zero-order valence-corrected chi connectivity index (χ0v) is 21.0. The minimum absolute atomic E-state index is 0.0994. The minimum Gasteiger partial charge on any atom is -0.492 e. The summed E-state index contributed by atoms with van der Waals surface area (Å²) in [5.41, 5.74) is 2.51. The molecule has 9 nitrogen and oxygen atoms in total. The largest absolute Gasteiger partial charge is 0.492 e. The number of fused-ring (bicyclic) bond motifs is 1. The van der Waals surface area contributed by atoms with Crippen LogP contribution in [0, 0.1) is 6.92 Å². The maximum Gasteiger partial charge on any atom is 0.265 e. The zero-order valence-electron chi connectivity index (χ0n) is 20.2. The van der Waals surface area contributed by atoms with Gasteiger partial charge in [0.05, 0.1) is 17.1 Å². The van der Waals surface area contributed by atoms with Crippen molar-refractivity contribution < 1.29 is 27.5 Å². The van der Waals surface area contributed by atoms with Gasteiger partial charge in [0.25, 0.3) is 11.8 Å². The summed E-state index contributed by atoms with van der Waals surface area (Å²) in [5.74, 6) is 0.612. The first-order chi connectivity index (χ1) is 17.1. The van der Waals surface area contributed by atoms with Crippen LogP contribution >= 0.6 is 0 Å². The molecule has 188 valence electrons. The van der Waals surface area contributed by atoms with Gasteiger partial charge in [0, 0.05) is 31.4 Å². The third kappa shape index (κ3) is 5.50. The van der Waals surface area contributed by atoms with Crippen LogP contribution in [0.4, 0.5) is 11.4 Å². The van der Waals surface area contributed by atoms with Crippen LogP contribution in [0.2, 0.25) is 0 Å². The molecule has 1 heterocycles. The Kier molecular flexibility index (Phi) is 7.27. The van der Waals surface area contributed by atoms with Crippen LogP contribution in [0.25, 0.3) is 0 Å². The number of amides is 2. The Bertz CT molecular complexity index is 1370. The van der Waals surface area contributed by atoms with E-state index in [2.05, 4.69) is 5.32 Å². The normalized spacial score (nSPS) is 13.2. The van der Waals surface area contributed by atoms with Crippen molar-refractivity contribution in [2.45, 2.75) is 11.8 Å². The Balaban J connectivity index is 1.42. The van der Waals surface area contributed by atoms with Gasteiger partial charge in [0.15, 0.2) is 6.61 Å². The van der Waals surface area contributed by atoms with E-state index in [0.717, 1.165) is 15.6 Å². The number of anilines is 2. The van der Waals surface area contributed by atoms with Crippen molar-refractivity contribution in [1.29, 1.82) is 0 Å². The maximum atomic E-state index is 12.7. The van der Waals surface area contributed by atoms with E-state index in [-0.39, 0.29) is 17.4 Å². The lowest BCUT2D eigenvalue weighted by Crippen LogP contribution is -2.41. The fourth-order valence-corrected chi connectivity index (χ4v) is 4.51. The van der Waals surface area contributed by atoms with Crippen LogP contribution in [0.15, 0.2) is 71.6 Å². The third-order valence-corrected chi connectivity index (χ3v) is 7.49. The molecule has 36 heavy (non-hydrogen) atoms. The molecule has 2 amide bonds. The molecule has 0 spiro atoms. The van der Waals surface area contributed by atoms with Crippen LogP contribution in [0.1, 0.15) is 15.9 Å². The lowest BCUT2D eigenvalue weighted by atomic mass is 10.2. The molecule has 1 aliphatic heterocycles. The quantitative estimate of drug-likeness (QED) is 0.500. The van der Waals surface area contributed by atoms with Crippen molar-refractivity contribution >= 4 is 33.2 Å². The number of hydrogen-bond donors (Lipinski definition) is 1. The van der Waals surface area contributed by atoms with Gasteiger partial charge in [0.1, 0.15) is 18.1 Å². The molecule has 1 N–H and O–H groups in total. The number of nitrogens with zero attached hydrogens (tertiary/aromatic N) is 2. The number of hydrogen-bond acceptors (Lipinski definition) is 6. The number of benzene rings is 3. The van der Waals surface area contributed by atoms with Crippen LogP contribution in [-0.4, -0.2) is 58.4 Å². The Labute approximate surface area is 210 Å². The summed E-state index contributed by atoms with van der Waals surface area (Å²) < 4.78 is 36.9. The molecule has 0 saturated heterocycles. The summed E-state index contributed by atoms with van der Waals surface area (Å²) in [7, 11) is -0.690. The second-order valence-corrected chi connectivity index (χ2v) is 10.6. The average molecular weight is 510 g/mol. The number of sulfonamides is 1. The van der Waals surface area contributed by atoms with E-state index in [1.54, 1.807) is 23.1 Å². The maximum absolute atomic E-state index is 12.7. The summed E-state index contributed by atoms with van der Waals surface area (Å²) >= 11 is 0. The van der Waals surface area contributed by atoms with Crippen LogP contribution < -0.4 is 19.7 Å². The number of nitrogens with one attached hydrogen (secondary N) is 1. The molecule has 3 aromatic carbocycles. The van der Waals surface area contributed by atoms with E-state index >= 15 is 0 Å². The van der Waals surface area contributed by atoms with Crippen molar-refractivity contribution in [2.24, 2.45) is 0 Å². The summed E-state index contributed by atoms with van der Waals surface area (Å²) in [4.78, 5) is 26.9. The van der Waals surface area contributed by atoms with Crippen LogP contribution in [0.5, 0.6) is 11.5 Å². The average Bonchev–Trinajstić information content (AvgIpc) is 2.86. The molecule has 0 aromatic heterocycles. The van der Waals surface area contributed by atoms with Gasteiger partial charge in [-0.15, -0.1) is 0 Å². The van der Waals surface area contributed by atoms with Crippen molar-refractivity contribution in [2.75, 3.05) is 44.1 Å². The standard InChI is InChI=1S/C26H27N3O6S/c1-18-4-9-21(10-5-18)34-15-14-29-23-13-8-20(16-24(23)35-17-25(29)30)27-26(31)19-6-11-22(12-7-19)36(32,33)28(2)3/h4-13,16H,14-15,17H2,1-3H3,(H,27,31). The Hall–Kier alpha value is -3.89. The fourth-order valence-electron chi connectivity index (χ4n) is 3.61. The van der Waals surface area contributed by atoms with Gasteiger partial charge in [-0.2, -0.15) is 0 Å². The van der Waals surface area contributed by atoms with Crippen molar-refractivity contribution in [3.8, 4) is 11.5 Å². The summed E-state index contributed by atoms with van der Waals surface area (Å²) in [5, 5.41) is 2.78. The molecular weight excluding hydrogens is 482 g/mol. The Morgan fingerprint density at radius 2 is 1.75 bits per heavy atom. The highest BCUT2D eigenvalue weighted by Gasteiger charge is 2.26. The Morgan fingerprint density at radius 1 is 1.06 bits per heavy atom. The summed E-state index contributed by atoms with van der Waals surface area (Å²) in [6.45, 7) is 2.54. The second kappa shape index (κ2) is 10.4. The first kappa shape index (κ1) is 25.2. The van der Waals surface area contributed by atoms with E-state index in [0.29, 0.717) is 35.8 Å². The smallest absolute Gasteiger partial charge is 0.265 e. The van der Waals surface area contributed by atoms with E-state index < -0.39 is 15.9 Å². The van der Waals surface area contributed by atoms with Gasteiger partial charge in [-0.3, -0.25) is 9.59 Å². The second-order valence-electron chi connectivity index (χ2n) is 8.44. The SMILES string of the molecule is Cc1ccc(OCCN2C(=O)COc3cc(NC(=O)c4ccc(S(=O)(=O)N(C)C)cc4)ccc32)cc1. The van der Waals surface area contributed by atoms with Gasteiger partial charge in [0.2, 0.25) is 10.0 Å². The molecule has 0 fully saturated rings. The minimum atomic E-state index is -3.58. The molecule has 0 unspecified atom stereocenters.